The van der Waals surface area contributed by atoms with Crippen molar-refractivity contribution in [1.29, 1.82) is 0 Å². The van der Waals surface area contributed by atoms with Crippen LogP contribution in [0.3, 0.4) is 0 Å². The van der Waals surface area contributed by atoms with E-state index >= 15 is 0 Å². The minimum atomic E-state index is -0.133. The highest BCUT2D eigenvalue weighted by molar-refractivity contribution is 6.04. The molecule has 1 aromatic carbocycles. The first-order valence-electron chi connectivity index (χ1n) is 5.46. The third-order valence-electron chi connectivity index (χ3n) is 2.41. The first-order chi connectivity index (χ1) is 8.33. The van der Waals surface area contributed by atoms with Crippen molar-refractivity contribution in [3.63, 3.8) is 0 Å². The van der Waals surface area contributed by atoms with Gasteiger partial charge in [-0.3, -0.25) is 9.78 Å². The number of nitrogens with zero attached hydrogens (tertiary/aromatic N) is 3. The van der Waals surface area contributed by atoms with Gasteiger partial charge in [-0.05, 0) is 19.1 Å². The van der Waals surface area contributed by atoms with Gasteiger partial charge in [-0.15, -0.1) is 0 Å². The van der Waals surface area contributed by atoms with Gasteiger partial charge in [0.1, 0.15) is 5.69 Å². The van der Waals surface area contributed by atoms with Gasteiger partial charge in [0.2, 0.25) is 0 Å². The number of carbonyl (C=O) groups excluding carboxylic acids is 1. The lowest BCUT2D eigenvalue weighted by molar-refractivity contribution is 0.0983. The summed E-state index contributed by atoms with van der Waals surface area (Å²) in [5, 5.41) is 0. The molecule has 0 aliphatic heterocycles. The Morgan fingerprint density at radius 1 is 1.24 bits per heavy atom. The van der Waals surface area contributed by atoms with Crippen molar-refractivity contribution in [1.82, 2.24) is 9.97 Å². The van der Waals surface area contributed by atoms with Crippen LogP contribution in [-0.4, -0.2) is 22.4 Å². The number of rotatable bonds is 3. The number of aromatic nitrogens is 2. The fourth-order valence-corrected chi connectivity index (χ4v) is 1.60. The van der Waals surface area contributed by atoms with Crippen LogP contribution in [0.1, 0.15) is 17.4 Å². The largest absolute Gasteiger partial charge is 0.307 e. The van der Waals surface area contributed by atoms with E-state index < -0.39 is 0 Å². The lowest BCUT2D eigenvalue weighted by Gasteiger charge is -2.20. The van der Waals surface area contributed by atoms with Crippen LogP contribution in [-0.2, 0) is 0 Å². The van der Waals surface area contributed by atoms with Gasteiger partial charge >= 0.3 is 0 Å². The van der Waals surface area contributed by atoms with E-state index in [1.165, 1.54) is 12.4 Å². The first-order valence-corrected chi connectivity index (χ1v) is 5.46. The summed E-state index contributed by atoms with van der Waals surface area (Å²) < 4.78 is 0. The number of amides is 1. The zero-order chi connectivity index (χ0) is 12.1. The smallest absolute Gasteiger partial charge is 0.278 e. The van der Waals surface area contributed by atoms with Gasteiger partial charge < -0.3 is 4.90 Å². The molecule has 0 saturated carbocycles. The number of hydrogen-bond acceptors (Lipinski definition) is 3. The minimum absolute atomic E-state index is 0.133. The second-order valence-corrected chi connectivity index (χ2v) is 3.48. The molecule has 4 heteroatoms. The molecular weight excluding hydrogens is 214 g/mol. The fraction of sp³-hybridized carbons (Fsp3) is 0.154. The Labute approximate surface area is 99.9 Å². The van der Waals surface area contributed by atoms with Gasteiger partial charge in [0, 0.05) is 24.6 Å². The maximum absolute atomic E-state index is 12.2. The van der Waals surface area contributed by atoms with Crippen molar-refractivity contribution in [3.05, 3.63) is 54.6 Å². The molecule has 0 radical (unpaired) electrons. The van der Waals surface area contributed by atoms with Crippen LogP contribution >= 0.6 is 0 Å². The van der Waals surface area contributed by atoms with Crippen molar-refractivity contribution in [2.24, 2.45) is 0 Å². The highest BCUT2D eigenvalue weighted by Crippen LogP contribution is 2.15. The van der Waals surface area contributed by atoms with Crippen molar-refractivity contribution >= 4 is 11.6 Å². The summed E-state index contributed by atoms with van der Waals surface area (Å²) in [6, 6.07) is 9.53. The second-order valence-electron chi connectivity index (χ2n) is 3.48. The summed E-state index contributed by atoms with van der Waals surface area (Å²) >= 11 is 0. The molecule has 86 valence electrons. The summed E-state index contributed by atoms with van der Waals surface area (Å²) in [5.74, 6) is -0.133. The Morgan fingerprint density at radius 2 is 2.00 bits per heavy atom. The SMILES string of the molecule is CCN(C(=O)c1cnccn1)c1ccccc1. The van der Waals surface area contributed by atoms with Gasteiger partial charge in [-0.25, -0.2) is 4.98 Å². The van der Waals surface area contributed by atoms with Gasteiger partial charge in [-0.2, -0.15) is 0 Å². The van der Waals surface area contributed by atoms with Crippen LogP contribution in [0.5, 0.6) is 0 Å². The highest BCUT2D eigenvalue weighted by Gasteiger charge is 2.16. The molecule has 0 spiro atoms. The molecule has 4 nitrogen and oxygen atoms in total. The number of anilines is 1. The fourth-order valence-electron chi connectivity index (χ4n) is 1.60. The summed E-state index contributed by atoms with van der Waals surface area (Å²) in [5.41, 5.74) is 1.23. The van der Waals surface area contributed by atoms with Crippen molar-refractivity contribution in [2.45, 2.75) is 6.92 Å². The van der Waals surface area contributed by atoms with E-state index in [4.69, 9.17) is 0 Å². The van der Waals surface area contributed by atoms with Crippen LogP contribution in [0.25, 0.3) is 0 Å². The number of carbonyl (C=O) groups is 1. The minimum Gasteiger partial charge on any atom is -0.307 e. The molecule has 0 atom stereocenters. The zero-order valence-electron chi connectivity index (χ0n) is 9.58. The number of hydrogen-bond donors (Lipinski definition) is 0. The maximum atomic E-state index is 12.2. The van der Waals surface area contributed by atoms with E-state index in [1.54, 1.807) is 11.1 Å². The molecule has 1 aromatic heterocycles. The molecule has 0 fully saturated rings. The predicted octanol–water partition coefficient (Wildman–Crippen LogP) is 2.14. The van der Waals surface area contributed by atoms with Crippen LogP contribution in [0, 0.1) is 0 Å². The van der Waals surface area contributed by atoms with Crippen LogP contribution < -0.4 is 4.90 Å². The van der Waals surface area contributed by atoms with E-state index in [0.29, 0.717) is 12.2 Å². The van der Waals surface area contributed by atoms with Crippen molar-refractivity contribution < 1.29 is 4.79 Å². The van der Waals surface area contributed by atoms with Crippen LogP contribution in [0.4, 0.5) is 5.69 Å². The van der Waals surface area contributed by atoms with Gasteiger partial charge in [0.05, 0.1) is 6.20 Å². The Bertz CT molecular complexity index is 485. The predicted molar refractivity (Wildman–Crippen MR) is 65.8 cm³/mol. The Hall–Kier alpha value is -2.23. The lowest BCUT2D eigenvalue weighted by Crippen LogP contribution is -2.31. The Balaban J connectivity index is 2.29. The van der Waals surface area contributed by atoms with E-state index in [9.17, 15) is 4.79 Å². The first kappa shape index (κ1) is 11.3. The summed E-state index contributed by atoms with van der Waals surface area (Å²) in [7, 11) is 0. The summed E-state index contributed by atoms with van der Waals surface area (Å²) in [6.45, 7) is 2.53. The molecule has 0 saturated heterocycles. The van der Waals surface area contributed by atoms with Crippen molar-refractivity contribution in [2.75, 3.05) is 11.4 Å². The molecule has 2 aromatic rings. The van der Waals surface area contributed by atoms with Crippen LogP contribution in [0.2, 0.25) is 0 Å². The molecule has 0 bridgehead atoms. The third kappa shape index (κ3) is 2.47. The average Bonchev–Trinajstić information content (AvgIpc) is 2.42. The van der Waals surface area contributed by atoms with Gasteiger partial charge in [-0.1, -0.05) is 18.2 Å². The molecule has 2 rings (SSSR count). The molecule has 0 aliphatic carbocycles. The van der Waals surface area contributed by atoms with E-state index in [-0.39, 0.29) is 5.91 Å². The molecule has 0 unspecified atom stereocenters. The maximum Gasteiger partial charge on any atom is 0.278 e. The second kappa shape index (κ2) is 5.21. The quantitative estimate of drug-likeness (QED) is 0.807. The molecule has 0 aliphatic rings. The number of para-hydroxylation sites is 1. The molecule has 1 heterocycles. The van der Waals surface area contributed by atoms with E-state index in [0.717, 1.165) is 5.69 Å². The molecule has 17 heavy (non-hydrogen) atoms. The van der Waals surface area contributed by atoms with Crippen molar-refractivity contribution in [3.8, 4) is 0 Å². The average molecular weight is 227 g/mol. The third-order valence-corrected chi connectivity index (χ3v) is 2.41. The normalized spacial score (nSPS) is 9.94. The topological polar surface area (TPSA) is 46.1 Å². The van der Waals surface area contributed by atoms with Crippen LogP contribution in [0.15, 0.2) is 48.9 Å². The zero-order valence-corrected chi connectivity index (χ0v) is 9.58. The monoisotopic (exact) mass is 227 g/mol. The van der Waals surface area contributed by atoms with E-state index in [1.807, 2.05) is 37.3 Å². The van der Waals surface area contributed by atoms with Gasteiger partial charge in [0.15, 0.2) is 0 Å². The Morgan fingerprint density at radius 3 is 2.59 bits per heavy atom. The Kier molecular flexibility index (Phi) is 3.45. The van der Waals surface area contributed by atoms with E-state index in [2.05, 4.69) is 9.97 Å². The lowest BCUT2D eigenvalue weighted by atomic mass is 10.2. The highest BCUT2D eigenvalue weighted by atomic mass is 16.2. The molecule has 1 amide bonds. The number of benzene rings is 1. The van der Waals surface area contributed by atoms with Gasteiger partial charge in [0.25, 0.3) is 5.91 Å². The summed E-state index contributed by atoms with van der Waals surface area (Å²) in [6.07, 6.45) is 4.55. The molecular formula is C13H13N3O. The molecule has 0 N–H and O–H groups in total. The summed E-state index contributed by atoms with van der Waals surface area (Å²) in [4.78, 5) is 21.8. The standard InChI is InChI=1S/C13H13N3O/c1-2-16(11-6-4-3-5-7-11)13(17)12-10-14-8-9-15-12/h3-10H,2H2,1H3.